The normalized spacial score (nSPS) is 13.7. The highest BCUT2D eigenvalue weighted by Crippen LogP contribution is 2.51. The van der Waals surface area contributed by atoms with E-state index in [0.29, 0.717) is 0 Å². The summed E-state index contributed by atoms with van der Waals surface area (Å²) >= 11 is 0. The molecule has 1 aliphatic carbocycles. The summed E-state index contributed by atoms with van der Waals surface area (Å²) in [6.07, 6.45) is 6.80. The first kappa shape index (κ1) is 35.3. The molecule has 0 heterocycles. The number of hydrogen-bond acceptors (Lipinski definition) is 1. The lowest BCUT2D eigenvalue weighted by Gasteiger charge is -2.33. The quantitative estimate of drug-likeness (QED) is 0.164. The molecular weight excluding hydrogens is 663 g/mol. The minimum absolute atomic E-state index is 0.0750. The van der Waals surface area contributed by atoms with Gasteiger partial charge in [-0.2, -0.15) is 0 Å². The molecule has 8 aromatic rings. The predicted octanol–water partition coefficient (Wildman–Crippen LogP) is 15.7. The minimum atomic E-state index is 0.0750. The second kappa shape index (κ2) is 12.6. The van der Waals surface area contributed by atoms with Gasteiger partial charge in [-0.3, -0.25) is 0 Å². The van der Waals surface area contributed by atoms with Crippen molar-refractivity contribution in [2.75, 3.05) is 4.90 Å². The Labute approximate surface area is 327 Å². The molecular formula is C54H53N. The van der Waals surface area contributed by atoms with Gasteiger partial charge in [0, 0.05) is 16.8 Å². The molecule has 0 N–H and O–H groups in total. The van der Waals surface area contributed by atoms with Gasteiger partial charge in [0.05, 0.1) is 5.69 Å². The predicted molar refractivity (Wildman–Crippen MR) is 241 cm³/mol. The fourth-order valence-electron chi connectivity index (χ4n) is 9.00. The number of anilines is 3. The van der Waals surface area contributed by atoms with E-state index in [9.17, 15) is 0 Å². The molecule has 8 aromatic carbocycles. The maximum absolute atomic E-state index is 2.54. The SMILES string of the molecule is CC(C)(C)c1ccc(N(c2ccc(C(C)(C)C)cc2)c2c3c(c(-c4ccc5ccc6cc(C(C)(C)C)cc7ccc4c5c67)c4ccccc24)C=CCC3)cc1. The highest BCUT2D eigenvalue weighted by Gasteiger charge is 2.28. The van der Waals surface area contributed by atoms with Crippen LogP contribution < -0.4 is 4.90 Å². The van der Waals surface area contributed by atoms with Crippen LogP contribution in [0.1, 0.15) is 96.6 Å². The molecule has 9 rings (SSSR count). The second-order valence-corrected chi connectivity index (χ2v) is 19.0. The van der Waals surface area contributed by atoms with E-state index in [1.165, 1.54) is 99.1 Å². The van der Waals surface area contributed by atoms with E-state index < -0.39 is 0 Å². The Bertz CT molecular complexity index is 2700. The van der Waals surface area contributed by atoms with Crippen LogP contribution in [-0.2, 0) is 22.7 Å². The topological polar surface area (TPSA) is 3.24 Å². The summed E-state index contributed by atoms with van der Waals surface area (Å²) in [5.41, 5.74) is 13.4. The lowest BCUT2D eigenvalue weighted by Crippen LogP contribution is -2.17. The Hall–Kier alpha value is -5.40. The monoisotopic (exact) mass is 715 g/mol. The van der Waals surface area contributed by atoms with Crippen molar-refractivity contribution in [1.82, 2.24) is 0 Å². The highest BCUT2D eigenvalue weighted by molar-refractivity contribution is 6.27. The third kappa shape index (κ3) is 5.91. The fourth-order valence-corrected chi connectivity index (χ4v) is 9.00. The van der Waals surface area contributed by atoms with Crippen molar-refractivity contribution in [2.45, 2.75) is 91.4 Å². The van der Waals surface area contributed by atoms with E-state index in [0.717, 1.165) is 12.8 Å². The van der Waals surface area contributed by atoms with Gasteiger partial charge in [0.1, 0.15) is 0 Å². The van der Waals surface area contributed by atoms with Gasteiger partial charge >= 0.3 is 0 Å². The molecule has 0 aliphatic heterocycles. The zero-order valence-electron chi connectivity index (χ0n) is 34.1. The van der Waals surface area contributed by atoms with Crippen LogP contribution in [0.5, 0.6) is 0 Å². The van der Waals surface area contributed by atoms with Crippen molar-refractivity contribution in [2.24, 2.45) is 0 Å². The van der Waals surface area contributed by atoms with Gasteiger partial charge in [-0.05, 0) is 130 Å². The first-order valence-electron chi connectivity index (χ1n) is 20.2. The number of hydrogen-bond donors (Lipinski definition) is 0. The van der Waals surface area contributed by atoms with Gasteiger partial charge in [-0.1, -0.05) is 172 Å². The third-order valence-electron chi connectivity index (χ3n) is 12.1. The molecule has 55 heavy (non-hydrogen) atoms. The number of nitrogens with zero attached hydrogens (tertiary/aromatic N) is 1. The molecule has 0 saturated carbocycles. The van der Waals surface area contributed by atoms with E-state index in [2.05, 4.69) is 201 Å². The van der Waals surface area contributed by atoms with Crippen LogP contribution in [0.25, 0.3) is 60.3 Å². The standard InChI is InChI=1S/C54H53N/c1-52(2,3)37-22-26-40(27-23-37)55(41-28-24-38(25-29-41)53(4,5)6)51-46-16-12-10-14-42(46)50(43-15-11-13-17-47(43)51)45-30-20-34-18-19-35-32-39(54(7,8)9)33-36-21-31-44(45)49(34)48(35)36/h10-12,14-16,18-33H,13,17H2,1-9H3. The Morgan fingerprint density at radius 1 is 0.473 bits per heavy atom. The molecule has 274 valence electrons. The Balaban J connectivity index is 1.34. The van der Waals surface area contributed by atoms with Crippen molar-refractivity contribution in [3.63, 3.8) is 0 Å². The summed E-state index contributed by atoms with van der Waals surface area (Å²) in [5.74, 6) is 0. The molecule has 0 amide bonds. The molecule has 1 nitrogen and oxygen atoms in total. The van der Waals surface area contributed by atoms with Gasteiger partial charge in [-0.25, -0.2) is 0 Å². The van der Waals surface area contributed by atoms with Crippen molar-refractivity contribution in [3.05, 3.63) is 155 Å². The van der Waals surface area contributed by atoms with Gasteiger partial charge in [0.2, 0.25) is 0 Å². The molecule has 1 aliphatic rings. The van der Waals surface area contributed by atoms with Gasteiger partial charge in [0.25, 0.3) is 0 Å². The van der Waals surface area contributed by atoms with E-state index in [-0.39, 0.29) is 16.2 Å². The van der Waals surface area contributed by atoms with E-state index in [1.807, 2.05) is 0 Å². The van der Waals surface area contributed by atoms with Crippen LogP contribution in [0.4, 0.5) is 17.1 Å². The summed E-state index contributed by atoms with van der Waals surface area (Å²) in [6, 6.07) is 46.8. The molecule has 0 atom stereocenters. The van der Waals surface area contributed by atoms with Crippen LogP contribution in [0, 0.1) is 0 Å². The molecule has 0 radical (unpaired) electrons. The van der Waals surface area contributed by atoms with Gasteiger partial charge in [0.15, 0.2) is 0 Å². The van der Waals surface area contributed by atoms with Crippen molar-refractivity contribution >= 4 is 66.2 Å². The number of fused-ring (bicyclic) bond motifs is 2. The maximum atomic E-state index is 2.54. The molecule has 0 bridgehead atoms. The molecule has 0 saturated heterocycles. The lowest BCUT2D eigenvalue weighted by molar-refractivity contribution is 0.590. The van der Waals surface area contributed by atoms with Crippen molar-refractivity contribution in [3.8, 4) is 11.1 Å². The van der Waals surface area contributed by atoms with E-state index in [1.54, 1.807) is 0 Å². The van der Waals surface area contributed by atoms with Crippen LogP contribution in [0.15, 0.2) is 127 Å². The minimum Gasteiger partial charge on any atom is -0.310 e. The van der Waals surface area contributed by atoms with E-state index in [4.69, 9.17) is 0 Å². The summed E-state index contributed by atoms with van der Waals surface area (Å²) in [4.78, 5) is 2.54. The highest BCUT2D eigenvalue weighted by atomic mass is 15.1. The van der Waals surface area contributed by atoms with Crippen molar-refractivity contribution in [1.29, 1.82) is 0 Å². The molecule has 1 heteroatoms. The summed E-state index contributed by atoms with van der Waals surface area (Å²) in [5, 5.41) is 10.6. The first-order valence-corrected chi connectivity index (χ1v) is 20.2. The molecule has 0 spiro atoms. The van der Waals surface area contributed by atoms with Gasteiger partial charge < -0.3 is 4.90 Å². The Morgan fingerprint density at radius 3 is 1.58 bits per heavy atom. The summed E-state index contributed by atoms with van der Waals surface area (Å²) in [7, 11) is 0. The smallest absolute Gasteiger partial charge is 0.0578 e. The third-order valence-corrected chi connectivity index (χ3v) is 12.1. The van der Waals surface area contributed by atoms with Crippen molar-refractivity contribution < 1.29 is 0 Å². The molecule has 0 unspecified atom stereocenters. The number of rotatable bonds is 4. The second-order valence-electron chi connectivity index (χ2n) is 19.0. The largest absolute Gasteiger partial charge is 0.310 e. The Morgan fingerprint density at radius 2 is 1.00 bits per heavy atom. The summed E-state index contributed by atoms with van der Waals surface area (Å²) < 4.78 is 0. The van der Waals surface area contributed by atoms with E-state index >= 15 is 0 Å². The van der Waals surface area contributed by atoms with Gasteiger partial charge in [-0.15, -0.1) is 0 Å². The van der Waals surface area contributed by atoms with Crippen LogP contribution in [0.2, 0.25) is 0 Å². The van der Waals surface area contributed by atoms with Crippen LogP contribution >= 0.6 is 0 Å². The fraction of sp³-hybridized carbons (Fsp3) is 0.259. The number of allylic oxidation sites excluding steroid dienone is 1. The number of benzene rings is 8. The lowest BCUT2D eigenvalue weighted by atomic mass is 9.80. The summed E-state index contributed by atoms with van der Waals surface area (Å²) in [6.45, 7) is 20.7. The average Bonchev–Trinajstić information content (AvgIpc) is 3.16. The molecule has 0 aromatic heterocycles. The zero-order chi connectivity index (χ0) is 38.4. The average molecular weight is 716 g/mol. The zero-order valence-corrected chi connectivity index (χ0v) is 34.1. The maximum Gasteiger partial charge on any atom is 0.0578 e. The molecule has 0 fully saturated rings. The van der Waals surface area contributed by atoms with Crippen LogP contribution in [-0.4, -0.2) is 0 Å². The Kier molecular flexibility index (Phi) is 8.07. The first-order chi connectivity index (χ1) is 26.2. The van der Waals surface area contributed by atoms with Crippen LogP contribution in [0.3, 0.4) is 0 Å².